The van der Waals surface area contributed by atoms with Crippen molar-refractivity contribution >= 4 is 0 Å². The zero-order valence-corrected chi connectivity index (χ0v) is 11.9. The Morgan fingerprint density at radius 1 is 1.17 bits per heavy atom. The van der Waals surface area contributed by atoms with Crippen LogP contribution in [0.2, 0.25) is 0 Å². The van der Waals surface area contributed by atoms with Gasteiger partial charge in [-0.25, -0.2) is 0 Å². The van der Waals surface area contributed by atoms with Crippen LogP contribution in [0.15, 0.2) is 0 Å². The molecule has 1 heterocycles. The largest absolute Gasteiger partial charge is 0.396 e. The molecule has 1 saturated heterocycles. The molecule has 0 aromatic carbocycles. The number of fused-ring (bicyclic) bond motifs is 2. The first-order valence-corrected chi connectivity index (χ1v) is 7.24. The predicted octanol–water partition coefficient (Wildman–Crippen LogP) is 1.96. The molecular weight excluding hydrogens is 228 g/mol. The summed E-state index contributed by atoms with van der Waals surface area (Å²) < 4.78 is 5.82. The van der Waals surface area contributed by atoms with Crippen LogP contribution in [0.5, 0.6) is 0 Å². The summed E-state index contributed by atoms with van der Waals surface area (Å²) in [6.07, 6.45) is 2.99. The highest BCUT2D eigenvalue weighted by atomic mass is 16.6. The smallest absolute Gasteiger partial charge is 0.114 e. The van der Waals surface area contributed by atoms with Gasteiger partial charge in [0.25, 0.3) is 0 Å². The highest BCUT2D eigenvalue weighted by Gasteiger charge is 2.73. The summed E-state index contributed by atoms with van der Waals surface area (Å²) in [4.78, 5) is 0. The van der Waals surface area contributed by atoms with Crippen molar-refractivity contribution in [2.75, 3.05) is 6.61 Å². The summed E-state index contributed by atoms with van der Waals surface area (Å²) in [5.41, 5.74) is -0.169. The predicted molar refractivity (Wildman–Crippen MR) is 69.1 cm³/mol. The monoisotopic (exact) mass is 254 g/mol. The van der Waals surface area contributed by atoms with Gasteiger partial charge in [0, 0.05) is 12.5 Å². The van der Waals surface area contributed by atoms with E-state index in [4.69, 9.17) is 4.74 Å². The van der Waals surface area contributed by atoms with Gasteiger partial charge in [0.15, 0.2) is 0 Å². The van der Waals surface area contributed by atoms with Crippen molar-refractivity contribution in [3.05, 3.63) is 0 Å². The van der Waals surface area contributed by atoms with Gasteiger partial charge in [-0.3, -0.25) is 0 Å². The van der Waals surface area contributed by atoms with Gasteiger partial charge in [0.1, 0.15) is 11.7 Å². The second-order valence-corrected chi connectivity index (χ2v) is 7.77. The number of hydrogen-bond acceptors (Lipinski definition) is 3. The topological polar surface area (TPSA) is 53.0 Å². The summed E-state index contributed by atoms with van der Waals surface area (Å²) in [5, 5.41) is 20.5. The normalized spacial score (nSPS) is 57.7. The third-order valence-corrected chi connectivity index (χ3v) is 6.30. The van der Waals surface area contributed by atoms with Gasteiger partial charge in [-0.2, -0.15) is 0 Å². The van der Waals surface area contributed by atoms with Crippen molar-refractivity contribution in [2.45, 2.75) is 64.8 Å². The fourth-order valence-electron chi connectivity index (χ4n) is 5.52. The average molecular weight is 254 g/mol. The lowest BCUT2D eigenvalue weighted by molar-refractivity contribution is -0.145. The van der Waals surface area contributed by atoms with E-state index in [2.05, 4.69) is 27.7 Å². The van der Waals surface area contributed by atoms with Gasteiger partial charge >= 0.3 is 0 Å². The maximum Gasteiger partial charge on any atom is 0.114 e. The molecule has 3 fully saturated rings. The van der Waals surface area contributed by atoms with Gasteiger partial charge in [0.05, 0.1) is 6.10 Å². The first-order valence-electron chi connectivity index (χ1n) is 7.24. The molecule has 1 unspecified atom stereocenters. The van der Waals surface area contributed by atoms with Crippen molar-refractivity contribution < 1.29 is 14.9 Å². The SMILES string of the molecule is CC1(C)CCC[C@@]2(C)C1[C@H](O)[C@@H]1O[C@]1(C)[C@@H]2CO. The number of aliphatic hydroxyl groups is 2. The highest BCUT2D eigenvalue weighted by molar-refractivity contribution is 5.21. The number of ether oxygens (including phenoxy) is 1. The third kappa shape index (κ3) is 1.36. The molecule has 18 heavy (non-hydrogen) atoms. The molecule has 0 aromatic rings. The van der Waals surface area contributed by atoms with Crippen molar-refractivity contribution in [2.24, 2.45) is 22.7 Å². The van der Waals surface area contributed by atoms with E-state index >= 15 is 0 Å². The van der Waals surface area contributed by atoms with Crippen LogP contribution >= 0.6 is 0 Å². The fourth-order valence-corrected chi connectivity index (χ4v) is 5.52. The van der Waals surface area contributed by atoms with Gasteiger partial charge < -0.3 is 14.9 Å². The van der Waals surface area contributed by atoms with Crippen LogP contribution in [-0.2, 0) is 4.74 Å². The van der Waals surface area contributed by atoms with Crippen LogP contribution in [0.3, 0.4) is 0 Å². The molecule has 2 saturated carbocycles. The molecule has 2 aliphatic carbocycles. The standard InChI is InChI=1S/C15H26O3/c1-13(2)6-5-7-14(3)9(8-16)15(4)12(18-15)10(17)11(13)14/h9-12,16-17H,5-8H2,1-4H3/t9-,10+,11?,12+,14-,15-/m1/s1. The van der Waals surface area contributed by atoms with Crippen LogP contribution in [-0.4, -0.2) is 34.6 Å². The van der Waals surface area contributed by atoms with Crippen LogP contribution in [0.1, 0.15) is 47.0 Å². The first kappa shape index (κ1) is 12.9. The van der Waals surface area contributed by atoms with Gasteiger partial charge in [-0.05, 0) is 36.5 Å². The van der Waals surface area contributed by atoms with E-state index in [1.54, 1.807) is 0 Å². The summed E-state index contributed by atoms with van der Waals surface area (Å²) in [5.74, 6) is 0.388. The fraction of sp³-hybridized carbons (Fsp3) is 1.00. The van der Waals surface area contributed by atoms with Crippen LogP contribution in [0, 0.1) is 22.7 Å². The minimum atomic E-state index is -0.377. The molecule has 1 aliphatic heterocycles. The molecule has 0 spiro atoms. The Hall–Kier alpha value is -0.120. The molecule has 3 aliphatic rings. The third-order valence-electron chi connectivity index (χ3n) is 6.30. The van der Waals surface area contributed by atoms with Gasteiger partial charge in [-0.15, -0.1) is 0 Å². The second kappa shape index (κ2) is 3.50. The Morgan fingerprint density at radius 2 is 1.83 bits per heavy atom. The van der Waals surface area contributed by atoms with E-state index < -0.39 is 0 Å². The molecule has 0 bridgehead atoms. The second-order valence-electron chi connectivity index (χ2n) is 7.77. The molecule has 3 heteroatoms. The number of hydrogen-bond donors (Lipinski definition) is 2. The minimum Gasteiger partial charge on any atom is -0.396 e. The molecule has 0 aromatic heterocycles. The Balaban J connectivity index is 2.05. The van der Waals surface area contributed by atoms with Crippen molar-refractivity contribution in [3.8, 4) is 0 Å². The zero-order chi connectivity index (χ0) is 13.3. The van der Waals surface area contributed by atoms with E-state index in [0.29, 0.717) is 0 Å². The lowest BCUT2D eigenvalue weighted by Crippen LogP contribution is -2.61. The van der Waals surface area contributed by atoms with E-state index in [9.17, 15) is 10.2 Å². The van der Waals surface area contributed by atoms with Crippen LogP contribution in [0.4, 0.5) is 0 Å². The van der Waals surface area contributed by atoms with Gasteiger partial charge in [0.2, 0.25) is 0 Å². The lowest BCUT2D eigenvalue weighted by atomic mass is 9.46. The molecular formula is C15H26O3. The quantitative estimate of drug-likeness (QED) is 0.703. The Morgan fingerprint density at radius 3 is 2.44 bits per heavy atom. The highest BCUT2D eigenvalue weighted by Crippen LogP contribution is 2.67. The first-order chi connectivity index (χ1) is 8.27. The maximum atomic E-state index is 10.7. The van der Waals surface area contributed by atoms with Crippen LogP contribution < -0.4 is 0 Å². The number of epoxide rings is 1. The minimum absolute atomic E-state index is 0.00231. The van der Waals surface area contributed by atoms with E-state index in [0.717, 1.165) is 12.8 Å². The zero-order valence-electron chi connectivity index (χ0n) is 11.9. The summed E-state index contributed by atoms with van der Waals surface area (Å²) in [6, 6.07) is 0. The molecule has 2 N–H and O–H groups in total. The molecule has 6 atom stereocenters. The molecule has 0 amide bonds. The summed E-state index contributed by atoms with van der Waals surface area (Å²) in [6.45, 7) is 9.01. The average Bonchev–Trinajstić information content (AvgIpc) is 2.89. The Labute approximate surface area is 110 Å². The van der Waals surface area contributed by atoms with E-state index in [-0.39, 0.29) is 47.1 Å². The molecule has 0 radical (unpaired) electrons. The maximum absolute atomic E-state index is 10.7. The van der Waals surface area contributed by atoms with E-state index in [1.165, 1.54) is 6.42 Å². The van der Waals surface area contributed by atoms with Crippen molar-refractivity contribution in [3.63, 3.8) is 0 Å². The number of rotatable bonds is 1. The molecule has 3 nitrogen and oxygen atoms in total. The number of aliphatic hydroxyl groups excluding tert-OH is 2. The molecule has 104 valence electrons. The summed E-state index contributed by atoms with van der Waals surface area (Å²) >= 11 is 0. The van der Waals surface area contributed by atoms with Crippen molar-refractivity contribution in [1.29, 1.82) is 0 Å². The van der Waals surface area contributed by atoms with Gasteiger partial charge in [-0.1, -0.05) is 27.2 Å². The van der Waals surface area contributed by atoms with Crippen molar-refractivity contribution in [1.82, 2.24) is 0 Å². The Kier molecular flexibility index (Phi) is 2.51. The van der Waals surface area contributed by atoms with Crippen LogP contribution in [0.25, 0.3) is 0 Å². The molecule has 3 rings (SSSR count). The van der Waals surface area contributed by atoms with E-state index in [1.807, 2.05) is 0 Å². The Bertz CT molecular complexity index is 367. The lowest BCUT2D eigenvalue weighted by Gasteiger charge is -2.58. The summed E-state index contributed by atoms with van der Waals surface area (Å²) in [7, 11) is 0.